The Balaban J connectivity index is 2.01. The van der Waals surface area contributed by atoms with Gasteiger partial charge in [0.15, 0.2) is 0 Å². The average Bonchev–Trinajstić information content (AvgIpc) is 2.79. The van der Waals surface area contributed by atoms with Crippen molar-refractivity contribution in [3.05, 3.63) is 0 Å². The third-order valence-corrected chi connectivity index (χ3v) is 6.00. The molecule has 0 aliphatic carbocycles. The quantitative estimate of drug-likeness (QED) is 0.841. The van der Waals surface area contributed by atoms with Gasteiger partial charge in [-0.3, -0.25) is 4.90 Å². The predicted octanol–water partition coefficient (Wildman–Crippen LogP) is 3.43. The summed E-state index contributed by atoms with van der Waals surface area (Å²) in [4.78, 5) is 2.71. The van der Waals surface area contributed by atoms with Crippen LogP contribution in [0.5, 0.6) is 0 Å². The van der Waals surface area contributed by atoms with E-state index in [1.165, 1.54) is 32.2 Å². The van der Waals surface area contributed by atoms with Gasteiger partial charge in [0.25, 0.3) is 0 Å². The molecule has 0 saturated carbocycles. The van der Waals surface area contributed by atoms with Crippen molar-refractivity contribution in [3.8, 4) is 0 Å². The van der Waals surface area contributed by atoms with Gasteiger partial charge in [-0.25, -0.2) is 0 Å². The third kappa shape index (κ3) is 4.00. The van der Waals surface area contributed by atoms with Crippen molar-refractivity contribution in [2.75, 3.05) is 19.6 Å². The lowest BCUT2D eigenvalue weighted by Crippen LogP contribution is -2.65. The number of hydrogen-bond donors (Lipinski definition) is 1. The van der Waals surface area contributed by atoms with Gasteiger partial charge in [-0.05, 0) is 46.0 Å². The van der Waals surface area contributed by atoms with E-state index < -0.39 is 0 Å². The summed E-state index contributed by atoms with van der Waals surface area (Å²) in [5.41, 5.74) is 0.359. The summed E-state index contributed by atoms with van der Waals surface area (Å²) in [6.45, 7) is 17.2. The van der Waals surface area contributed by atoms with Crippen molar-refractivity contribution < 1.29 is 4.74 Å². The highest BCUT2D eigenvalue weighted by molar-refractivity contribution is 4.98. The molecule has 0 aromatic rings. The summed E-state index contributed by atoms with van der Waals surface area (Å²) in [5.74, 6) is 0.745. The lowest BCUT2D eigenvalue weighted by atomic mass is 9.87. The molecule has 0 radical (unpaired) electrons. The highest BCUT2D eigenvalue weighted by Gasteiger charge is 2.41. The Bertz CT molecular complexity index is 344. The smallest absolute Gasteiger partial charge is 0.0710 e. The van der Waals surface area contributed by atoms with Crippen LogP contribution < -0.4 is 5.32 Å². The maximum Gasteiger partial charge on any atom is 0.0710 e. The molecular formula is C18H36N2O. The molecule has 2 aliphatic heterocycles. The molecular weight excluding hydrogens is 260 g/mol. The maximum atomic E-state index is 6.25. The molecule has 124 valence electrons. The van der Waals surface area contributed by atoms with Crippen LogP contribution in [0.2, 0.25) is 0 Å². The summed E-state index contributed by atoms with van der Waals surface area (Å²) in [6, 6.07) is 0.629. The van der Waals surface area contributed by atoms with Crippen molar-refractivity contribution >= 4 is 0 Å². The number of nitrogens with one attached hydrogen (secondary N) is 1. The number of nitrogens with zero attached hydrogens (tertiary/aromatic N) is 1. The zero-order valence-electron chi connectivity index (χ0n) is 15.0. The molecule has 1 N–H and O–H groups in total. The molecule has 2 fully saturated rings. The Morgan fingerprint density at radius 2 is 2.00 bits per heavy atom. The Kier molecular flexibility index (Phi) is 5.38. The Morgan fingerprint density at radius 3 is 2.52 bits per heavy atom. The zero-order valence-corrected chi connectivity index (χ0v) is 15.0. The van der Waals surface area contributed by atoms with Crippen molar-refractivity contribution in [1.82, 2.24) is 10.2 Å². The molecule has 0 aromatic heterocycles. The van der Waals surface area contributed by atoms with Crippen molar-refractivity contribution in [2.24, 2.45) is 5.92 Å². The molecule has 0 bridgehead atoms. The van der Waals surface area contributed by atoms with E-state index in [1.54, 1.807) is 0 Å². The third-order valence-electron chi connectivity index (χ3n) is 6.00. The molecule has 2 saturated heterocycles. The van der Waals surface area contributed by atoms with E-state index in [9.17, 15) is 0 Å². The Hall–Kier alpha value is -0.120. The lowest BCUT2D eigenvalue weighted by molar-refractivity contribution is -0.0557. The predicted molar refractivity (Wildman–Crippen MR) is 89.7 cm³/mol. The van der Waals surface area contributed by atoms with Crippen LogP contribution in [0.4, 0.5) is 0 Å². The van der Waals surface area contributed by atoms with E-state index in [4.69, 9.17) is 4.74 Å². The summed E-state index contributed by atoms with van der Waals surface area (Å²) in [6.07, 6.45) is 5.28. The number of ether oxygens (including phenoxy) is 1. The number of piperazine rings is 1. The first-order valence-corrected chi connectivity index (χ1v) is 8.96. The Morgan fingerprint density at radius 1 is 1.29 bits per heavy atom. The monoisotopic (exact) mass is 296 g/mol. The van der Waals surface area contributed by atoms with Gasteiger partial charge in [0, 0.05) is 31.2 Å². The van der Waals surface area contributed by atoms with E-state index in [1.807, 2.05) is 0 Å². The molecule has 0 spiro atoms. The van der Waals surface area contributed by atoms with E-state index in [0.717, 1.165) is 19.0 Å². The van der Waals surface area contributed by atoms with E-state index in [-0.39, 0.29) is 11.1 Å². The summed E-state index contributed by atoms with van der Waals surface area (Å²) < 4.78 is 6.25. The van der Waals surface area contributed by atoms with Gasteiger partial charge in [0.1, 0.15) is 0 Å². The van der Waals surface area contributed by atoms with Crippen LogP contribution in [0.1, 0.15) is 67.2 Å². The van der Waals surface area contributed by atoms with Crippen LogP contribution in [-0.2, 0) is 4.74 Å². The normalized spacial score (nSPS) is 38.6. The minimum Gasteiger partial charge on any atom is -0.371 e. The first-order chi connectivity index (χ1) is 9.79. The minimum atomic E-state index is 0.0808. The van der Waals surface area contributed by atoms with Crippen LogP contribution in [0, 0.1) is 5.92 Å². The molecule has 3 heteroatoms. The van der Waals surface area contributed by atoms with E-state index >= 15 is 0 Å². The molecule has 0 amide bonds. The van der Waals surface area contributed by atoms with Crippen molar-refractivity contribution in [1.29, 1.82) is 0 Å². The standard InChI is InChI=1S/C18H36N2O/c1-7-14(3)16-12-20(18(6,8-2)13-19-16)11-15-9-10-17(4,5)21-15/h14-16,19H,7-13H2,1-6H3. The second-order valence-electron chi connectivity index (χ2n) is 8.17. The lowest BCUT2D eigenvalue weighted by Gasteiger charge is -2.50. The maximum absolute atomic E-state index is 6.25. The van der Waals surface area contributed by atoms with Gasteiger partial charge in [0.05, 0.1) is 11.7 Å². The van der Waals surface area contributed by atoms with Crippen molar-refractivity contribution in [2.45, 2.75) is 90.5 Å². The fourth-order valence-corrected chi connectivity index (χ4v) is 3.75. The molecule has 3 nitrogen and oxygen atoms in total. The van der Waals surface area contributed by atoms with Crippen LogP contribution in [0.25, 0.3) is 0 Å². The number of hydrogen-bond acceptors (Lipinski definition) is 3. The molecule has 21 heavy (non-hydrogen) atoms. The zero-order chi connectivity index (χ0) is 15.7. The molecule has 2 aliphatic rings. The SMILES string of the molecule is CCC(C)C1CN(CC2CCC(C)(C)O2)C(C)(CC)CN1. The van der Waals surface area contributed by atoms with Crippen molar-refractivity contribution in [3.63, 3.8) is 0 Å². The fraction of sp³-hybridized carbons (Fsp3) is 1.00. The largest absolute Gasteiger partial charge is 0.371 e. The van der Waals surface area contributed by atoms with E-state index in [0.29, 0.717) is 12.1 Å². The minimum absolute atomic E-state index is 0.0808. The van der Waals surface area contributed by atoms with Crippen LogP contribution >= 0.6 is 0 Å². The fourth-order valence-electron chi connectivity index (χ4n) is 3.75. The Labute approximate surface area is 131 Å². The van der Waals surface area contributed by atoms with Gasteiger partial charge in [-0.2, -0.15) is 0 Å². The molecule has 2 heterocycles. The molecule has 0 aromatic carbocycles. The first kappa shape index (κ1) is 17.2. The summed E-state index contributed by atoms with van der Waals surface area (Å²) >= 11 is 0. The second kappa shape index (κ2) is 6.55. The van der Waals surface area contributed by atoms with E-state index in [2.05, 4.69) is 51.8 Å². The number of rotatable bonds is 5. The molecule has 2 rings (SSSR count). The molecule has 4 atom stereocenters. The topological polar surface area (TPSA) is 24.5 Å². The summed E-state index contributed by atoms with van der Waals surface area (Å²) in [7, 11) is 0. The highest BCUT2D eigenvalue weighted by Crippen LogP contribution is 2.33. The van der Waals surface area contributed by atoms with Gasteiger partial charge in [0.2, 0.25) is 0 Å². The van der Waals surface area contributed by atoms with Gasteiger partial charge in [-0.15, -0.1) is 0 Å². The first-order valence-electron chi connectivity index (χ1n) is 8.96. The average molecular weight is 296 g/mol. The van der Waals surface area contributed by atoms with Crippen LogP contribution in [0.3, 0.4) is 0 Å². The van der Waals surface area contributed by atoms with Gasteiger partial charge in [-0.1, -0.05) is 27.2 Å². The molecule has 4 unspecified atom stereocenters. The second-order valence-corrected chi connectivity index (χ2v) is 8.17. The summed E-state index contributed by atoms with van der Waals surface area (Å²) in [5, 5.41) is 3.80. The van der Waals surface area contributed by atoms with Gasteiger partial charge < -0.3 is 10.1 Å². The van der Waals surface area contributed by atoms with Crippen LogP contribution in [0.15, 0.2) is 0 Å². The highest BCUT2D eigenvalue weighted by atomic mass is 16.5. The van der Waals surface area contributed by atoms with Gasteiger partial charge >= 0.3 is 0 Å². The van der Waals surface area contributed by atoms with Crippen LogP contribution in [-0.4, -0.2) is 47.8 Å².